The normalized spacial score (nSPS) is 20.4. The average Bonchev–Trinajstić information content (AvgIpc) is 2.20. The van der Waals surface area contributed by atoms with Crippen LogP contribution in [-0.4, -0.2) is 18.0 Å². The molecule has 4 heteroatoms. The lowest BCUT2D eigenvalue weighted by molar-refractivity contribution is 0.196. The first kappa shape index (κ1) is 10.3. The Morgan fingerprint density at radius 2 is 2.36 bits per heavy atom. The molecule has 0 fully saturated rings. The number of benzene rings is 1. The van der Waals surface area contributed by atoms with Gasteiger partial charge in [-0.05, 0) is 17.7 Å². The van der Waals surface area contributed by atoms with E-state index in [0.717, 1.165) is 32.9 Å². The minimum absolute atomic E-state index is 0.406. The maximum atomic E-state index is 9.88. The highest BCUT2D eigenvalue weighted by molar-refractivity contribution is 9.10. The highest BCUT2D eigenvalue weighted by Crippen LogP contribution is 2.40. The average molecular weight is 275 g/mol. The van der Waals surface area contributed by atoms with Gasteiger partial charge < -0.3 is 9.84 Å². The number of ether oxygens (including phenoxy) is 1. The Morgan fingerprint density at radius 3 is 3.07 bits per heavy atom. The number of halogens is 1. The zero-order valence-electron chi connectivity index (χ0n) is 7.79. The molecule has 1 aromatic rings. The second kappa shape index (κ2) is 4.13. The smallest absolute Gasteiger partial charge is 0.125 e. The fourth-order valence-corrected chi connectivity index (χ4v) is 3.36. The zero-order valence-corrected chi connectivity index (χ0v) is 10.2. The Hall–Kier alpha value is -0.190. The third kappa shape index (κ3) is 1.66. The minimum Gasteiger partial charge on any atom is -0.496 e. The van der Waals surface area contributed by atoms with Gasteiger partial charge in [0.2, 0.25) is 0 Å². The van der Waals surface area contributed by atoms with Gasteiger partial charge in [-0.25, -0.2) is 0 Å². The summed E-state index contributed by atoms with van der Waals surface area (Å²) in [5.74, 6) is 2.47. The zero-order chi connectivity index (χ0) is 10.1. The molecule has 1 heterocycles. The first-order valence-corrected chi connectivity index (χ1v) is 6.30. The van der Waals surface area contributed by atoms with Crippen molar-refractivity contribution >= 4 is 27.7 Å². The molecule has 0 spiro atoms. The van der Waals surface area contributed by atoms with Crippen molar-refractivity contribution in [1.29, 1.82) is 0 Å². The van der Waals surface area contributed by atoms with Gasteiger partial charge in [0, 0.05) is 21.5 Å². The maximum Gasteiger partial charge on any atom is 0.125 e. The summed E-state index contributed by atoms with van der Waals surface area (Å²) in [6, 6.07) is 3.86. The van der Waals surface area contributed by atoms with Gasteiger partial charge in [-0.1, -0.05) is 15.9 Å². The van der Waals surface area contributed by atoms with E-state index in [1.807, 2.05) is 12.1 Å². The van der Waals surface area contributed by atoms with Crippen molar-refractivity contribution in [1.82, 2.24) is 0 Å². The lowest BCUT2D eigenvalue weighted by Crippen LogP contribution is -2.12. The van der Waals surface area contributed by atoms with Crippen LogP contribution in [0.15, 0.2) is 16.6 Å². The predicted molar refractivity (Wildman–Crippen MR) is 61.8 cm³/mol. The van der Waals surface area contributed by atoms with Crippen LogP contribution < -0.4 is 4.74 Å². The van der Waals surface area contributed by atoms with Crippen molar-refractivity contribution in [2.75, 3.05) is 12.9 Å². The Labute approximate surface area is 95.8 Å². The summed E-state index contributed by atoms with van der Waals surface area (Å²) >= 11 is 5.24. The predicted octanol–water partition coefficient (Wildman–Crippen LogP) is 2.74. The Kier molecular flexibility index (Phi) is 3.04. The fraction of sp³-hybridized carbons (Fsp3) is 0.400. The summed E-state index contributed by atoms with van der Waals surface area (Å²) in [6.45, 7) is 0. The Bertz CT molecular complexity index is 354. The third-order valence-corrected chi connectivity index (χ3v) is 4.12. The highest BCUT2D eigenvalue weighted by Gasteiger charge is 2.24. The molecule has 0 radical (unpaired) electrons. The molecule has 2 nitrogen and oxygen atoms in total. The molecule has 1 aliphatic rings. The molecule has 0 saturated carbocycles. The summed E-state index contributed by atoms with van der Waals surface area (Å²) in [5.41, 5.74) is 2.11. The van der Waals surface area contributed by atoms with E-state index in [0.29, 0.717) is 0 Å². The van der Waals surface area contributed by atoms with E-state index in [9.17, 15) is 5.11 Å². The molecular formula is C10H11BrO2S. The van der Waals surface area contributed by atoms with Crippen molar-refractivity contribution in [3.05, 3.63) is 27.7 Å². The summed E-state index contributed by atoms with van der Waals surface area (Å²) < 4.78 is 6.30. The van der Waals surface area contributed by atoms with Crippen molar-refractivity contribution < 1.29 is 9.84 Å². The summed E-state index contributed by atoms with van der Waals surface area (Å²) in [5, 5.41) is 9.88. The SMILES string of the molecule is COc1ccc(Br)c2c1[C@@H](O)CSC2. The standard InChI is InChI=1S/C10H11BrO2S/c1-13-9-3-2-7(11)6-4-14-5-8(12)10(6)9/h2-3,8,12H,4-5H2,1H3/t8-/m0/s1. The van der Waals surface area contributed by atoms with Gasteiger partial charge in [0.15, 0.2) is 0 Å². The van der Waals surface area contributed by atoms with E-state index in [4.69, 9.17) is 4.74 Å². The number of methoxy groups -OCH3 is 1. The van der Waals surface area contributed by atoms with E-state index in [-0.39, 0.29) is 0 Å². The topological polar surface area (TPSA) is 29.5 Å². The van der Waals surface area contributed by atoms with E-state index < -0.39 is 6.10 Å². The lowest BCUT2D eigenvalue weighted by Gasteiger charge is -2.24. The van der Waals surface area contributed by atoms with Crippen molar-refractivity contribution in [2.24, 2.45) is 0 Å². The quantitative estimate of drug-likeness (QED) is 0.854. The van der Waals surface area contributed by atoms with Crippen molar-refractivity contribution in [2.45, 2.75) is 11.9 Å². The molecule has 0 bridgehead atoms. The second-order valence-electron chi connectivity index (χ2n) is 3.17. The molecule has 0 aromatic heterocycles. The first-order chi connectivity index (χ1) is 6.74. The van der Waals surface area contributed by atoms with Crippen molar-refractivity contribution in [3.8, 4) is 5.75 Å². The van der Waals surface area contributed by atoms with Crippen molar-refractivity contribution in [3.63, 3.8) is 0 Å². The molecule has 76 valence electrons. The van der Waals surface area contributed by atoms with Crippen LogP contribution >= 0.6 is 27.7 Å². The van der Waals surface area contributed by atoms with Crippen LogP contribution in [0, 0.1) is 0 Å². The van der Waals surface area contributed by atoms with Crippen LogP contribution in [0.4, 0.5) is 0 Å². The van der Waals surface area contributed by atoms with Crippen LogP contribution in [0.2, 0.25) is 0 Å². The number of fused-ring (bicyclic) bond motifs is 1. The molecule has 1 atom stereocenters. The van der Waals surface area contributed by atoms with E-state index in [2.05, 4.69) is 15.9 Å². The molecular weight excluding hydrogens is 264 g/mol. The number of hydrogen-bond acceptors (Lipinski definition) is 3. The number of thioether (sulfide) groups is 1. The summed E-state index contributed by atoms with van der Waals surface area (Å²) in [4.78, 5) is 0. The van der Waals surface area contributed by atoms with Gasteiger partial charge in [-0.15, -0.1) is 0 Å². The maximum absolute atomic E-state index is 9.88. The Morgan fingerprint density at radius 1 is 1.57 bits per heavy atom. The molecule has 1 aromatic carbocycles. The van der Waals surface area contributed by atoms with E-state index >= 15 is 0 Å². The Balaban J connectivity index is 2.58. The number of aliphatic hydroxyl groups is 1. The van der Waals surface area contributed by atoms with Crippen LogP contribution in [0.3, 0.4) is 0 Å². The van der Waals surface area contributed by atoms with Gasteiger partial charge >= 0.3 is 0 Å². The largest absolute Gasteiger partial charge is 0.496 e. The molecule has 14 heavy (non-hydrogen) atoms. The molecule has 0 saturated heterocycles. The van der Waals surface area contributed by atoms with Gasteiger partial charge in [0.05, 0.1) is 13.2 Å². The lowest BCUT2D eigenvalue weighted by atomic mass is 10.0. The molecule has 0 amide bonds. The van der Waals surface area contributed by atoms with Gasteiger partial charge in [-0.2, -0.15) is 11.8 Å². The highest BCUT2D eigenvalue weighted by atomic mass is 79.9. The van der Waals surface area contributed by atoms with E-state index in [1.54, 1.807) is 18.9 Å². The molecule has 1 aliphatic heterocycles. The number of aliphatic hydroxyl groups excluding tert-OH is 1. The third-order valence-electron chi connectivity index (χ3n) is 2.34. The van der Waals surface area contributed by atoms with Gasteiger partial charge in [0.1, 0.15) is 5.75 Å². The van der Waals surface area contributed by atoms with E-state index in [1.165, 1.54) is 0 Å². The fourth-order valence-electron chi connectivity index (χ4n) is 1.66. The number of hydrogen-bond donors (Lipinski definition) is 1. The van der Waals surface area contributed by atoms with Crippen LogP contribution in [0.5, 0.6) is 5.75 Å². The van der Waals surface area contributed by atoms with Gasteiger partial charge in [-0.3, -0.25) is 0 Å². The minimum atomic E-state index is -0.406. The summed E-state index contributed by atoms with van der Waals surface area (Å²) in [7, 11) is 1.64. The second-order valence-corrected chi connectivity index (χ2v) is 5.06. The summed E-state index contributed by atoms with van der Waals surface area (Å²) in [6.07, 6.45) is -0.406. The molecule has 1 N–H and O–H groups in total. The van der Waals surface area contributed by atoms with Gasteiger partial charge in [0.25, 0.3) is 0 Å². The monoisotopic (exact) mass is 274 g/mol. The van der Waals surface area contributed by atoms with Crippen LogP contribution in [-0.2, 0) is 5.75 Å². The van der Waals surface area contributed by atoms with Crippen LogP contribution in [0.1, 0.15) is 17.2 Å². The molecule has 0 aliphatic carbocycles. The number of rotatable bonds is 1. The molecule has 0 unspecified atom stereocenters. The van der Waals surface area contributed by atoms with Crippen LogP contribution in [0.25, 0.3) is 0 Å². The first-order valence-electron chi connectivity index (χ1n) is 4.35. The molecule has 2 rings (SSSR count).